The predicted molar refractivity (Wildman–Crippen MR) is 89.2 cm³/mol. The number of hydrogen-bond donors (Lipinski definition) is 3. The van der Waals surface area contributed by atoms with Gasteiger partial charge in [0, 0.05) is 17.2 Å². The maximum atomic E-state index is 12.1. The van der Waals surface area contributed by atoms with Crippen LogP contribution in [0.25, 0.3) is 0 Å². The van der Waals surface area contributed by atoms with Crippen molar-refractivity contribution in [2.45, 2.75) is 39.8 Å². The average molecular weight is 388 g/mol. The number of aliphatic carboxylic acids is 1. The number of aryl methyl sites for hydroxylation is 1. The molecule has 0 radical (unpaired) electrons. The van der Waals surface area contributed by atoms with E-state index in [-0.39, 0.29) is 18.4 Å². The van der Waals surface area contributed by atoms with E-state index in [1.807, 2.05) is 20.8 Å². The van der Waals surface area contributed by atoms with E-state index in [0.29, 0.717) is 18.7 Å². The fraction of sp³-hybridized carbons (Fsp3) is 0.533. The zero-order valence-corrected chi connectivity index (χ0v) is 15.0. The molecule has 23 heavy (non-hydrogen) atoms. The molecule has 1 aromatic heterocycles. The highest BCUT2D eigenvalue weighted by atomic mass is 79.9. The monoisotopic (exact) mass is 387 g/mol. The maximum absolute atomic E-state index is 12.1. The Labute approximate surface area is 143 Å². The van der Waals surface area contributed by atoms with Gasteiger partial charge in [0.25, 0.3) is 5.91 Å². The second-order valence-corrected chi connectivity index (χ2v) is 6.52. The molecule has 0 spiro atoms. The topological polar surface area (TPSA) is 100 Å². The largest absolute Gasteiger partial charge is 0.480 e. The second-order valence-electron chi connectivity index (χ2n) is 5.60. The number of rotatable bonds is 8. The minimum atomic E-state index is -1.08. The molecule has 1 heterocycles. The summed E-state index contributed by atoms with van der Waals surface area (Å²) in [6.45, 7) is 6.00. The van der Waals surface area contributed by atoms with Crippen molar-refractivity contribution < 1.29 is 19.5 Å². The summed E-state index contributed by atoms with van der Waals surface area (Å²) in [5.74, 6) is -1.86. The van der Waals surface area contributed by atoms with Crippen LogP contribution in [0.5, 0.6) is 0 Å². The molecule has 0 aliphatic heterocycles. The summed E-state index contributed by atoms with van der Waals surface area (Å²) in [4.78, 5) is 35.0. The first-order chi connectivity index (χ1) is 10.7. The van der Waals surface area contributed by atoms with Crippen molar-refractivity contribution in [3.05, 3.63) is 22.4 Å². The van der Waals surface area contributed by atoms with Gasteiger partial charge in [-0.25, -0.2) is 4.79 Å². The number of nitrogens with one attached hydrogen (secondary N) is 2. The number of nitrogens with zero attached hydrogens (tertiary/aromatic N) is 1. The molecule has 0 aliphatic carbocycles. The molecule has 0 saturated carbocycles. The van der Waals surface area contributed by atoms with Crippen LogP contribution in [0, 0.1) is 5.92 Å². The normalized spacial score (nSPS) is 12.0. The highest BCUT2D eigenvalue weighted by Gasteiger charge is 2.21. The third kappa shape index (κ3) is 6.05. The summed E-state index contributed by atoms with van der Waals surface area (Å²) < 4.78 is 2.52. The van der Waals surface area contributed by atoms with Gasteiger partial charge >= 0.3 is 5.97 Å². The molecule has 1 atom stereocenters. The summed E-state index contributed by atoms with van der Waals surface area (Å²) in [6.07, 6.45) is 2.11. The highest BCUT2D eigenvalue weighted by Crippen LogP contribution is 2.14. The molecule has 128 valence electrons. The molecule has 1 rings (SSSR count). The molecule has 8 heteroatoms. The third-order valence-electron chi connectivity index (χ3n) is 3.19. The van der Waals surface area contributed by atoms with E-state index in [9.17, 15) is 14.4 Å². The lowest BCUT2D eigenvalue weighted by Gasteiger charge is -2.16. The first kappa shape index (κ1) is 19.2. The summed E-state index contributed by atoms with van der Waals surface area (Å²) >= 11 is 3.30. The summed E-state index contributed by atoms with van der Waals surface area (Å²) in [5, 5.41) is 14.0. The molecule has 1 aromatic rings. The standard InChI is InChI=1S/C15H22BrN3O4/c1-4-19-8-10(16)6-12(19)14(21)17-7-13(20)18-11(15(22)23)5-9(2)3/h6,8-9,11H,4-5,7H2,1-3H3,(H,17,21)(H,18,20)(H,22,23)/t11-/m0/s1. The van der Waals surface area contributed by atoms with Gasteiger partial charge in [-0.1, -0.05) is 13.8 Å². The van der Waals surface area contributed by atoms with Crippen molar-refractivity contribution in [3.63, 3.8) is 0 Å². The quantitative estimate of drug-likeness (QED) is 0.630. The van der Waals surface area contributed by atoms with E-state index in [2.05, 4.69) is 26.6 Å². The SMILES string of the molecule is CCn1cc(Br)cc1C(=O)NCC(=O)N[C@@H](CC(C)C)C(=O)O. The van der Waals surface area contributed by atoms with Crippen LogP contribution in [-0.2, 0) is 16.1 Å². The molecule has 0 saturated heterocycles. The van der Waals surface area contributed by atoms with Crippen LogP contribution in [0.3, 0.4) is 0 Å². The van der Waals surface area contributed by atoms with Gasteiger partial charge in [0.05, 0.1) is 6.54 Å². The van der Waals surface area contributed by atoms with E-state index < -0.39 is 17.9 Å². The fourth-order valence-corrected chi connectivity index (χ4v) is 2.58. The predicted octanol–water partition coefficient (Wildman–Crippen LogP) is 1.62. The smallest absolute Gasteiger partial charge is 0.326 e. The first-order valence-electron chi connectivity index (χ1n) is 7.40. The van der Waals surface area contributed by atoms with Gasteiger partial charge < -0.3 is 20.3 Å². The van der Waals surface area contributed by atoms with Crippen LogP contribution in [0.2, 0.25) is 0 Å². The van der Waals surface area contributed by atoms with Gasteiger partial charge in [-0.05, 0) is 41.3 Å². The molecule has 0 fully saturated rings. The lowest BCUT2D eigenvalue weighted by Crippen LogP contribution is -2.46. The van der Waals surface area contributed by atoms with Gasteiger partial charge in [0.15, 0.2) is 0 Å². The number of aromatic nitrogens is 1. The average Bonchev–Trinajstić information content (AvgIpc) is 2.84. The lowest BCUT2D eigenvalue weighted by molar-refractivity contribution is -0.142. The number of amides is 2. The fourth-order valence-electron chi connectivity index (χ4n) is 2.12. The van der Waals surface area contributed by atoms with E-state index >= 15 is 0 Å². The number of carbonyl (C=O) groups excluding carboxylic acids is 2. The molecule has 2 amide bonds. The lowest BCUT2D eigenvalue weighted by atomic mass is 10.0. The van der Waals surface area contributed by atoms with Gasteiger partial charge in [0.2, 0.25) is 5.91 Å². The van der Waals surface area contributed by atoms with Crippen molar-refractivity contribution in [1.82, 2.24) is 15.2 Å². The Bertz CT molecular complexity index is 583. The van der Waals surface area contributed by atoms with Crippen LogP contribution in [0.1, 0.15) is 37.7 Å². The molecule has 0 bridgehead atoms. The Hall–Kier alpha value is -1.83. The minimum Gasteiger partial charge on any atom is -0.480 e. The zero-order chi connectivity index (χ0) is 17.6. The van der Waals surface area contributed by atoms with Gasteiger partial charge in [-0.2, -0.15) is 0 Å². The highest BCUT2D eigenvalue weighted by molar-refractivity contribution is 9.10. The number of hydrogen-bond acceptors (Lipinski definition) is 3. The van der Waals surface area contributed by atoms with Crippen molar-refractivity contribution >= 4 is 33.7 Å². The molecule has 0 unspecified atom stereocenters. The van der Waals surface area contributed by atoms with Gasteiger partial charge in [-0.3, -0.25) is 9.59 Å². The van der Waals surface area contributed by atoms with E-state index in [1.165, 1.54) is 0 Å². The first-order valence-corrected chi connectivity index (χ1v) is 8.19. The molecule has 3 N–H and O–H groups in total. The van der Waals surface area contributed by atoms with E-state index in [0.717, 1.165) is 4.47 Å². The number of carboxylic acid groups (broad SMARTS) is 1. The van der Waals surface area contributed by atoms with Crippen LogP contribution in [0.4, 0.5) is 0 Å². The molecular formula is C15H22BrN3O4. The molecule has 7 nitrogen and oxygen atoms in total. The van der Waals surface area contributed by atoms with E-state index in [4.69, 9.17) is 5.11 Å². The van der Waals surface area contributed by atoms with E-state index in [1.54, 1.807) is 16.8 Å². The maximum Gasteiger partial charge on any atom is 0.326 e. The Kier molecular flexibility index (Phi) is 7.28. The van der Waals surface area contributed by atoms with Crippen molar-refractivity contribution in [3.8, 4) is 0 Å². The second kappa shape index (κ2) is 8.71. The number of carbonyl (C=O) groups is 3. The Morgan fingerprint density at radius 3 is 2.52 bits per heavy atom. The molecule has 0 aromatic carbocycles. The molecule has 0 aliphatic rings. The Morgan fingerprint density at radius 2 is 2.00 bits per heavy atom. The van der Waals surface area contributed by atoms with Crippen LogP contribution in [0.15, 0.2) is 16.7 Å². The zero-order valence-electron chi connectivity index (χ0n) is 13.4. The summed E-state index contributed by atoms with van der Waals surface area (Å²) in [5.41, 5.74) is 0.434. The third-order valence-corrected chi connectivity index (χ3v) is 3.62. The van der Waals surface area contributed by atoms with Crippen LogP contribution >= 0.6 is 15.9 Å². The Balaban J connectivity index is 2.57. The van der Waals surface area contributed by atoms with Crippen LogP contribution < -0.4 is 10.6 Å². The van der Waals surface area contributed by atoms with Gasteiger partial charge in [-0.15, -0.1) is 0 Å². The van der Waals surface area contributed by atoms with Gasteiger partial charge in [0.1, 0.15) is 11.7 Å². The minimum absolute atomic E-state index is 0.135. The Morgan fingerprint density at radius 1 is 1.35 bits per heavy atom. The number of carboxylic acids is 1. The molecular weight excluding hydrogens is 366 g/mol. The summed E-state index contributed by atoms with van der Waals surface area (Å²) in [6, 6.07) is 0.711. The number of halogens is 1. The van der Waals surface area contributed by atoms with Crippen molar-refractivity contribution in [2.75, 3.05) is 6.54 Å². The summed E-state index contributed by atoms with van der Waals surface area (Å²) in [7, 11) is 0. The van der Waals surface area contributed by atoms with Crippen LogP contribution in [-0.4, -0.2) is 40.0 Å². The van der Waals surface area contributed by atoms with Crippen molar-refractivity contribution in [1.29, 1.82) is 0 Å². The van der Waals surface area contributed by atoms with Crippen molar-refractivity contribution in [2.24, 2.45) is 5.92 Å².